The van der Waals surface area contributed by atoms with Gasteiger partial charge in [0, 0.05) is 30.5 Å². The van der Waals surface area contributed by atoms with Gasteiger partial charge in [-0.25, -0.2) is 8.42 Å². The molecule has 0 aliphatic rings. The molecule has 0 fully saturated rings. The Labute approximate surface area is 218 Å². The highest BCUT2D eigenvalue weighted by Crippen LogP contribution is 2.20. The number of carbonyl (C=O) groups is 2. The summed E-state index contributed by atoms with van der Waals surface area (Å²) in [6, 6.07) is 14.2. The van der Waals surface area contributed by atoms with Gasteiger partial charge in [-0.15, -0.1) is 0 Å². The average molecular weight is 567 g/mol. The van der Waals surface area contributed by atoms with Crippen LogP contribution in [-0.4, -0.2) is 50.5 Å². The Morgan fingerprint density at radius 2 is 1.77 bits per heavy atom. The molecule has 0 heterocycles. The second-order valence-corrected chi connectivity index (χ2v) is 11.6. The van der Waals surface area contributed by atoms with Crippen LogP contribution in [0.4, 0.5) is 5.69 Å². The number of carbonyl (C=O) groups excluding carboxylic acids is 2. The number of rotatable bonds is 13. The number of halogens is 1. The van der Waals surface area contributed by atoms with Crippen LogP contribution in [0.1, 0.15) is 50.7 Å². The van der Waals surface area contributed by atoms with Crippen molar-refractivity contribution in [1.82, 2.24) is 10.2 Å². The lowest BCUT2D eigenvalue weighted by atomic mass is 10.1. The summed E-state index contributed by atoms with van der Waals surface area (Å²) in [5, 5.41) is 2.91. The van der Waals surface area contributed by atoms with Crippen LogP contribution >= 0.6 is 15.9 Å². The monoisotopic (exact) mass is 565 g/mol. The number of unbranched alkanes of at least 4 members (excludes halogenated alkanes) is 1. The molecule has 35 heavy (non-hydrogen) atoms. The summed E-state index contributed by atoms with van der Waals surface area (Å²) in [6.45, 7) is 6.75. The summed E-state index contributed by atoms with van der Waals surface area (Å²) < 4.78 is 27.0. The molecule has 192 valence electrons. The molecule has 1 atom stereocenters. The molecule has 2 aromatic carbocycles. The molecule has 2 aromatic rings. The smallest absolute Gasteiger partial charge is 0.242 e. The predicted molar refractivity (Wildman–Crippen MR) is 145 cm³/mol. The molecule has 0 aliphatic carbocycles. The third kappa shape index (κ3) is 9.29. The van der Waals surface area contributed by atoms with Crippen LogP contribution in [0.2, 0.25) is 0 Å². The second kappa shape index (κ2) is 13.6. The topological polar surface area (TPSA) is 86.8 Å². The minimum Gasteiger partial charge on any atom is -0.354 e. The maximum Gasteiger partial charge on any atom is 0.242 e. The van der Waals surface area contributed by atoms with Gasteiger partial charge in [-0.3, -0.25) is 13.9 Å². The van der Waals surface area contributed by atoms with Crippen LogP contribution in [0.15, 0.2) is 53.0 Å². The van der Waals surface area contributed by atoms with E-state index in [-0.39, 0.29) is 31.3 Å². The van der Waals surface area contributed by atoms with E-state index in [1.807, 2.05) is 43.3 Å². The van der Waals surface area contributed by atoms with Gasteiger partial charge in [0.2, 0.25) is 21.8 Å². The Bertz CT molecular complexity index is 1090. The number of nitrogens with zero attached hydrogens (tertiary/aromatic N) is 2. The van der Waals surface area contributed by atoms with Crippen LogP contribution in [0.3, 0.4) is 0 Å². The molecule has 2 amide bonds. The molecule has 0 saturated heterocycles. The van der Waals surface area contributed by atoms with E-state index < -0.39 is 16.1 Å². The fourth-order valence-electron chi connectivity index (χ4n) is 3.67. The quantitative estimate of drug-likeness (QED) is 0.358. The van der Waals surface area contributed by atoms with Gasteiger partial charge < -0.3 is 10.2 Å². The first kappa shape index (κ1) is 28.8. The van der Waals surface area contributed by atoms with E-state index in [1.54, 1.807) is 24.0 Å². The Morgan fingerprint density at radius 1 is 1.09 bits per heavy atom. The molecule has 1 N–H and O–H groups in total. The maximum atomic E-state index is 13.3. The van der Waals surface area contributed by atoms with Crippen LogP contribution in [0.5, 0.6) is 0 Å². The largest absolute Gasteiger partial charge is 0.354 e. The third-order valence-electron chi connectivity index (χ3n) is 5.71. The number of benzene rings is 2. The lowest BCUT2D eigenvalue weighted by Crippen LogP contribution is -2.48. The zero-order valence-corrected chi connectivity index (χ0v) is 23.4. The predicted octanol–water partition coefficient (Wildman–Crippen LogP) is 4.64. The fraction of sp³-hybridized carbons (Fsp3) is 0.462. The van der Waals surface area contributed by atoms with Crippen LogP contribution in [0, 0.1) is 6.92 Å². The molecule has 0 spiro atoms. The number of sulfonamides is 1. The number of hydrogen-bond acceptors (Lipinski definition) is 4. The maximum absolute atomic E-state index is 13.3. The van der Waals surface area contributed by atoms with E-state index in [4.69, 9.17) is 0 Å². The molecule has 2 rings (SSSR count). The van der Waals surface area contributed by atoms with Gasteiger partial charge >= 0.3 is 0 Å². The lowest BCUT2D eigenvalue weighted by Gasteiger charge is -2.29. The summed E-state index contributed by atoms with van der Waals surface area (Å²) in [4.78, 5) is 27.6. The van der Waals surface area contributed by atoms with Crippen LogP contribution < -0.4 is 9.62 Å². The molecule has 9 heteroatoms. The van der Waals surface area contributed by atoms with E-state index >= 15 is 0 Å². The Balaban J connectivity index is 2.13. The van der Waals surface area contributed by atoms with E-state index in [1.165, 1.54) is 4.31 Å². The van der Waals surface area contributed by atoms with E-state index in [0.717, 1.165) is 34.7 Å². The van der Waals surface area contributed by atoms with Crippen LogP contribution in [-0.2, 0) is 26.2 Å². The molecule has 0 aliphatic heterocycles. The molecular formula is C26H36BrN3O4S. The Hall–Kier alpha value is -2.39. The fourth-order valence-corrected chi connectivity index (χ4v) is 5.08. The summed E-state index contributed by atoms with van der Waals surface area (Å²) in [6.07, 6.45) is 3.46. The van der Waals surface area contributed by atoms with Gasteiger partial charge in [-0.05, 0) is 56.5 Å². The normalized spacial score (nSPS) is 12.1. The first-order valence-electron chi connectivity index (χ1n) is 11.9. The minimum atomic E-state index is -3.51. The van der Waals surface area contributed by atoms with Gasteiger partial charge in [0.1, 0.15) is 6.04 Å². The zero-order valence-electron chi connectivity index (χ0n) is 21.0. The highest BCUT2D eigenvalue weighted by Gasteiger charge is 2.26. The van der Waals surface area contributed by atoms with Gasteiger partial charge in [-0.2, -0.15) is 0 Å². The van der Waals surface area contributed by atoms with Gasteiger partial charge in [0.25, 0.3) is 0 Å². The van der Waals surface area contributed by atoms with Crippen molar-refractivity contribution in [3.05, 3.63) is 64.1 Å². The van der Waals surface area contributed by atoms with Gasteiger partial charge in [0.15, 0.2) is 0 Å². The van der Waals surface area contributed by atoms with Crippen molar-refractivity contribution >= 4 is 43.5 Å². The Kier molecular flexibility index (Phi) is 11.2. The highest BCUT2D eigenvalue weighted by molar-refractivity contribution is 9.10. The Morgan fingerprint density at radius 3 is 2.37 bits per heavy atom. The molecule has 7 nitrogen and oxygen atoms in total. The van der Waals surface area contributed by atoms with E-state index in [2.05, 4.69) is 28.2 Å². The minimum absolute atomic E-state index is 0.123. The van der Waals surface area contributed by atoms with Crippen molar-refractivity contribution in [2.45, 2.75) is 59.0 Å². The lowest BCUT2D eigenvalue weighted by molar-refractivity contribution is -0.140. The molecule has 0 aromatic heterocycles. The highest BCUT2D eigenvalue weighted by atomic mass is 79.9. The summed E-state index contributed by atoms with van der Waals surface area (Å²) >= 11 is 3.46. The number of nitrogens with one attached hydrogen (secondary N) is 1. The van der Waals surface area contributed by atoms with Crippen molar-refractivity contribution < 1.29 is 18.0 Å². The molecule has 1 unspecified atom stereocenters. The van der Waals surface area contributed by atoms with Crippen molar-refractivity contribution in [3.63, 3.8) is 0 Å². The first-order chi connectivity index (χ1) is 16.5. The van der Waals surface area contributed by atoms with E-state index in [0.29, 0.717) is 18.7 Å². The number of aryl methyl sites for hydroxylation is 1. The molecule has 0 radical (unpaired) electrons. The summed E-state index contributed by atoms with van der Waals surface area (Å²) in [5.41, 5.74) is 2.50. The van der Waals surface area contributed by atoms with Gasteiger partial charge in [-0.1, -0.05) is 59.1 Å². The molecular weight excluding hydrogens is 530 g/mol. The SMILES string of the molecule is CCCCNC(=O)C(C)N(Cc1cccc(Br)c1)C(=O)CCCN(c1ccc(C)cc1)S(C)(=O)=O. The van der Waals surface area contributed by atoms with Crippen LogP contribution in [0.25, 0.3) is 0 Å². The average Bonchev–Trinajstić information content (AvgIpc) is 2.80. The summed E-state index contributed by atoms with van der Waals surface area (Å²) in [5.74, 6) is -0.389. The number of anilines is 1. The van der Waals surface area contributed by atoms with E-state index in [9.17, 15) is 18.0 Å². The third-order valence-corrected chi connectivity index (χ3v) is 7.40. The zero-order chi connectivity index (χ0) is 26.0. The van der Waals surface area contributed by atoms with Crippen molar-refractivity contribution in [3.8, 4) is 0 Å². The van der Waals surface area contributed by atoms with Gasteiger partial charge in [0.05, 0.1) is 11.9 Å². The van der Waals surface area contributed by atoms with Crippen molar-refractivity contribution in [2.24, 2.45) is 0 Å². The number of hydrogen-bond donors (Lipinski definition) is 1. The summed E-state index contributed by atoms with van der Waals surface area (Å²) in [7, 11) is -3.51. The number of amides is 2. The molecule has 0 bridgehead atoms. The first-order valence-corrected chi connectivity index (χ1v) is 14.5. The van der Waals surface area contributed by atoms with Crippen molar-refractivity contribution in [2.75, 3.05) is 23.7 Å². The van der Waals surface area contributed by atoms with Crippen molar-refractivity contribution in [1.29, 1.82) is 0 Å². The second-order valence-electron chi connectivity index (χ2n) is 8.75. The molecule has 0 saturated carbocycles. The standard InChI is InChI=1S/C26H36BrN3O4S/c1-5-6-16-28-26(32)21(3)29(19-22-9-7-10-23(27)18-22)25(31)11-8-17-30(35(4,33)34)24-14-12-20(2)13-15-24/h7,9-10,12-15,18,21H,5-6,8,11,16-17,19H2,1-4H3,(H,28,32).